The monoisotopic (exact) mass is 453 g/mol. The Bertz CT molecular complexity index is 1110. The Morgan fingerprint density at radius 2 is 1.97 bits per heavy atom. The molecule has 0 radical (unpaired) electrons. The Morgan fingerprint density at radius 3 is 2.68 bits per heavy atom. The van der Waals surface area contributed by atoms with Crippen molar-refractivity contribution in [2.45, 2.75) is 39.3 Å². The minimum absolute atomic E-state index is 0.118. The number of rotatable bonds is 5. The van der Waals surface area contributed by atoms with E-state index >= 15 is 0 Å². The fourth-order valence-corrected chi connectivity index (χ4v) is 4.92. The maximum absolute atomic E-state index is 13.1. The van der Waals surface area contributed by atoms with E-state index in [0.717, 1.165) is 33.7 Å². The van der Waals surface area contributed by atoms with Gasteiger partial charge in [-0.15, -0.1) is 11.3 Å². The van der Waals surface area contributed by atoms with Gasteiger partial charge in [-0.3, -0.25) is 9.59 Å². The molecule has 31 heavy (non-hydrogen) atoms. The summed E-state index contributed by atoms with van der Waals surface area (Å²) >= 11 is 7.80. The summed E-state index contributed by atoms with van der Waals surface area (Å²) in [6.07, 6.45) is 1.48. The van der Waals surface area contributed by atoms with Gasteiger partial charge in [0.2, 0.25) is 5.91 Å². The summed E-state index contributed by atoms with van der Waals surface area (Å²) in [6.45, 7) is 4.83. The molecule has 1 fully saturated rings. The molecule has 1 aliphatic rings. The number of halogens is 1. The van der Waals surface area contributed by atoms with Gasteiger partial charge in [-0.05, 0) is 55.5 Å². The maximum atomic E-state index is 13.1. The van der Waals surface area contributed by atoms with Crippen LogP contribution < -0.4 is 5.32 Å². The Morgan fingerprint density at radius 1 is 1.19 bits per heavy atom. The highest BCUT2D eigenvalue weighted by Crippen LogP contribution is 2.27. The van der Waals surface area contributed by atoms with Crippen LogP contribution in [0.25, 0.3) is 10.4 Å². The number of likely N-dealkylation sites (tertiary alicyclic amines) is 1. The van der Waals surface area contributed by atoms with Gasteiger partial charge in [0, 0.05) is 23.7 Å². The van der Waals surface area contributed by atoms with Crippen LogP contribution in [0.4, 0.5) is 0 Å². The van der Waals surface area contributed by atoms with Gasteiger partial charge in [-0.2, -0.15) is 0 Å². The van der Waals surface area contributed by atoms with E-state index in [2.05, 4.69) is 22.4 Å². The van der Waals surface area contributed by atoms with E-state index in [0.29, 0.717) is 30.1 Å². The highest BCUT2D eigenvalue weighted by atomic mass is 35.5. The second-order valence-electron chi connectivity index (χ2n) is 7.75. The average molecular weight is 454 g/mol. The number of carbonyl (C=O) groups is 2. The number of carbonyl (C=O) groups excluding carboxylic acids is 2. The minimum atomic E-state index is -0.454. The molecule has 0 saturated carbocycles. The number of aryl methyl sites for hydroxylation is 1. The molecule has 1 aliphatic heterocycles. The van der Waals surface area contributed by atoms with Gasteiger partial charge in [0.15, 0.2) is 0 Å². The third-order valence-electron chi connectivity index (χ3n) is 5.74. The fourth-order valence-electron chi connectivity index (χ4n) is 3.94. The lowest BCUT2D eigenvalue weighted by molar-refractivity contribution is -0.125. The molecule has 0 unspecified atom stereocenters. The van der Waals surface area contributed by atoms with Crippen molar-refractivity contribution in [1.29, 1.82) is 0 Å². The van der Waals surface area contributed by atoms with E-state index in [9.17, 15) is 9.59 Å². The van der Waals surface area contributed by atoms with Crippen LogP contribution in [0.2, 0.25) is 5.02 Å². The SMILES string of the molecule is Cc1ncsc1-c1ccc(CNC(=O)[C@@H]2CCCN2C(=O)c2cccc(Cl)c2C)cc1. The molecule has 5 nitrogen and oxygen atoms in total. The lowest BCUT2D eigenvalue weighted by atomic mass is 10.1. The van der Waals surface area contributed by atoms with Crippen molar-refractivity contribution in [1.82, 2.24) is 15.2 Å². The first-order chi connectivity index (χ1) is 15.0. The predicted octanol–water partition coefficient (Wildman–Crippen LogP) is 5.00. The van der Waals surface area contributed by atoms with Crippen molar-refractivity contribution < 1.29 is 9.59 Å². The van der Waals surface area contributed by atoms with Crippen LogP contribution in [0.1, 0.15) is 40.0 Å². The molecule has 0 aliphatic carbocycles. The summed E-state index contributed by atoms with van der Waals surface area (Å²) in [4.78, 5) is 33.1. The molecular weight excluding hydrogens is 430 g/mol. The number of amides is 2. The summed E-state index contributed by atoms with van der Waals surface area (Å²) in [5, 5.41) is 3.56. The zero-order valence-corrected chi connectivity index (χ0v) is 19.1. The first kappa shape index (κ1) is 21.5. The smallest absolute Gasteiger partial charge is 0.254 e. The summed E-state index contributed by atoms with van der Waals surface area (Å²) < 4.78 is 0. The Labute approximate surface area is 191 Å². The number of thiazole rings is 1. The first-order valence-electron chi connectivity index (χ1n) is 10.3. The van der Waals surface area contributed by atoms with E-state index in [1.54, 1.807) is 34.4 Å². The maximum Gasteiger partial charge on any atom is 0.254 e. The largest absolute Gasteiger partial charge is 0.350 e. The van der Waals surface area contributed by atoms with E-state index in [4.69, 9.17) is 11.6 Å². The van der Waals surface area contributed by atoms with Crippen LogP contribution in [-0.2, 0) is 11.3 Å². The predicted molar refractivity (Wildman–Crippen MR) is 124 cm³/mol. The molecule has 2 aromatic carbocycles. The lowest BCUT2D eigenvalue weighted by Gasteiger charge is -2.25. The molecule has 1 saturated heterocycles. The van der Waals surface area contributed by atoms with Crippen LogP contribution in [0.15, 0.2) is 48.0 Å². The van der Waals surface area contributed by atoms with E-state index < -0.39 is 6.04 Å². The minimum Gasteiger partial charge on any atom is -0.350 e. The number of benzene rings is 2. The van der Waals surface area contributed by atoms with Gasteiger partial charge < -0.3 is 10.2 Å². The summed E-state index contributed by atoms with van der Waals surface area (Å²) in [5.41, 5.74) is 6.31. The van der Waals surface area contributed by atoms with Crippen molar-refractivity contribution in [3.05, 3.63) is 75.4 Å². The van der Waals surface area contributed by atoms with Crippen molar-refractivity contribution in [2.24, 2.45) is 0 Å². The van der Waals surface area contributed by atoms with Gasteiger partial charge in [-0.25, -0.2) is 4.98 Å². The third kappa shape index (κ3) is 4.50. The molecule has 2 heterocycles. The summed E-state index contributed by atoms with van der Waals surface area (Å²) in [6, 6.07) is 13.0. The standard InChI is InChI=1S/C24H24ClN3O2S/c1-15-19(5-3-6-20(15)25)24(30)28-12-4-7-21(28)23(29)26-13-17-8-10-18(11-9-17)22-16(2)27-14-31-22/h3,5-6,8-11,14,21H,4,7,12-13H2,1-2H3,(H,26,29)/t21-/m0/s1. The first-order valence-corrected chi connectivity index (χ1v) is 11.5. The van der Waals surface area contributed by atoms with Gasteiger partial charge in [-0.1, -0.05) is 41.9 Å². The van der Waals surface area contributed by atoms with Crippen molar-refractivity contribution >= 4 is 34.8 Å². The summed E-state index contributed by atoms with van der Waals surface area (Å²) in [7, 11) is 0. The molecule has 0 spiro atoms. The lowest BCUT2D eigenvalue weighted by Crippen LogP contribution is -2.45. The Hall–Kier alpha value is -2.70. The molecule has 0 bridgehead atoms. The van der Waals surface area contributed by atoms with Gasteiger partial charge in [0.25, 0.3) is 5.91 Å². The van der Waals surface area contributed by atoms with E-state index in [-0.39, 0.29) is 11.8 Å². The van der Waals surface area contributed by atoms with Gasteiger partial charge in [0.05, 0.1) is 16.1 Å². The molecule has 3 aromatic rings. The average Bonchev–Trinajstić information content (AvgIpc) is 3.43. The molecule has 1 atom stereocenters. The second kappa shape index (κ2) is 9.20. The van der Waals surface area contributed by atoms with Crippen molar-refractivity contribution in [3.8, 4) is 10.4 Å². The molecule has 7 heteroatoms. The van der Waals surface area contributed by atoms with Crippen LogP contribution in [0.3, 0.4) is 0 Å². The number of nitrogens with zero attached hydrogens (tertiary/aromatic N) is 2. The molecule has 1 N–H and O–H groups in total. The number of aromatic nitrogens is 1. The fraction of sp³-hybridized carbons (Fsp3) is 0.292. The van der Waals surface area contributed by atoms with Gasteiger partial charge >= 0.3 is 0 Å². The number of nitrogens with one attached hydrogen (secondary N) is 1. The van der Waals surface area contributed by atoms with Crippen molar-refractivity contribution in [2.75, 3.05) is 6.54 Å². The molecule has 160 valence electrons. The van der Waals surface area contributed by atoms with E-state index in [1.807, 2.05) is 31.5 Å². The molecular formula is C24H24ClN3O2S. The zero-order valence-electron chi connectivity index (χ0n) is 17.5. The van der Waals surface area contributed by atoms with Crippen LogP contribution in [-0.4, -0.2) is 34.3 Å². The zero-order chi connectivity index (χ0) is 22.0. The topological polar surface area (TPSA) is 62.3 Å². The molecule has 4 rings (SSSR count). The Balaban J connectivity index is 1.40. The highest BCUT2D eigenvalue weighted by Gasteiger charge is 2.35. The summed E-state index contributed by atoms with van der Waals surface area (Å²) in [5.74, 6) is -0.255. The number of hydrogen-bond donors (Lipinski definition) is 1. The van der Waals surface area contributed by atoms with Crippen molar-refractivity contribution in [3.63, 3.8) is 0 Å². The molecule has 2 amide bonds. The second-order valence-corrected chi connectivity index (χ2v) is 9.01. The highest BCUT2D eigenvalue weighted by molar-refractivity contribution is 7.13. The normalized spacial score (nSPS) is 15.8. The quantitative estimate of drug-likeness (QED) is 0.591. The third-order valence-corrected chi connectivity index (χ3v) is 7.13. The molecule has 1 aromatic heterocycles. The van der Waals surface area contributed by atoms with Crippen LogP contribution in [0.5, 0.6) is 0 Å². The Kier molecular flexibility index (Phi) is 6.39. The van der Waals surface area contributed by atoms with Crippen LogP contribution in [0, 0.1) is 13.8 Å². The van der Waals surface area contributed by atoms with Gasteiger partial charge in [0.1, 0.15) is 6.04 Å². The van der Waals surface area contributed by atoms with Crippen LogP contribution >= 0.6 is 22.9 Å². The number of hydrogen-bond acceptors (Lipinski definition) is 4. The van der Waals surface area contributed by atoms with E-state index in [1.165, 1.54) is 0 Å².